The molecule has 0 amide bonds. The summed E-state index contributed by atoms with van der Waals surface area (Å²) < 4.78 is 8.08. The molecule has 1 aromatic carbocycles. The van der Waals surface area contributed by atoms with Gasteiger partial charge in [-0.05, 0) is 56.1 Å². The zero-order valence-electron chi connectivity index (χ0n) is 11.0. The van der Waals surface area contributed by atoms with Crippen LogP contribution < -0.4 is 0 Å². The average Bonchev–Trinajstić information content (AvgIpc) is 2.65. The van der Waals surface area contributed by atoms with Crippen LogP contribution >= 0.6 is 12.2 Å². The van der Waals surface area contributed by atoms with Crippen LogP contribution in [0.4, 0.5) is 0 Å². The van der Waals surface area contributed by atoms with E-state index < -0.39 is 0 Å². The zero-order valence-corrected chi connectivity index (χ0v) is 11.8. The number of aryl methyl sites for hydroxylation is 2. The Morgan fingerprint density at radius 3 is 2.89 bits per heavy atom. The van der Waals surface area contributed by atoms with Crippen LogP contribution in [0, 0.1) is 11.7 Å². The lowest BCUT2D eigenvalue weighted by Crippen LogP contribution is -1.99. The second kappa shape index (κ2) is 6.16. The van der Waals surface area contributed by atoms with E-state index >= 15 is 0 Å². The molecular weight excluding hydrogens is 244 g/mol. The van der Waals surface area contributed by atoms with Crippen molar-refractivity contribution >= 4 is 23.3 Å². The van der Waals surface area contributed by atoms with E-state index in [0.717, 1.165) is 36.3 Å². The first-order valence-corrected chi connectivity index (χ1v) is 6.81. The molecule has 3 nitrogen and oxygen atoms in total. The van der Waals surface area contributed by atoms with E-state index in [4.69, 9.17) is 17.0 Å². The van der Waals surface area contributed by atoms with Crippen molar-refractivity contribution in [3.8, 4) is 0 Å². The highest BCUT2D eigenvalue weighted by molar-refractivity contribution is 7.71. The van der Waals surface area contributed by atoms with Crippen LogP contribution in [-0.4, -0.2) is 23.3 Å². The zero-order chi connectivity index (χ0) is 13.0. The SMILES string of the molecule is COCCCCCn1c(=S)[nH]c2ccc(C)cc21. The summed E-state index contributed by atoms with van der Waals surface area (Å²) in [5.74, 6) is 0. The molecule has 1 heterocycles. The molecule has 0 fully saturated rings. The fourth-order valence-electron chi connectivity index (χ4n) is 2.18. The Labute approximate surface area is 113 Å². The summed E-state index contributed by atoms with van der Waals surface area (Å²) in [6.07, 6.45) is 3.43. The van der Waals surface area contributed by atoms with E-state index in [1.165, 1.54) is 17.5 Å². The van der Waals surface area contributed by atoms with Crippen LogP contribution in [0.2, 0.25) is 0 Å². The van der Waals surface area contributed by atoms with E-state index in [9.17, 15) is 0 Å². The topological polar surface area (TPSA) is 29.9 Å². The number of aromatic nitrogens is 2. The maximum absolute atomic E-state index is 5.38. The Kier molecular flexibility index (Phi) is 4.55. The number of hydrogen-bond donors (Lipinski definition) is 1. The summed E-state index contributed by atoms with van der Waals surface area (Å²) in [6.45, 7) is 3.93. The van der Waals surface area contributed by atoms with Crippen molar-refractivity contribution in [3.63, 3.8) is 0 Å². The normalized spacial score (nSPS) is 11.2. The number of fused-ring (bicyclic) bond motifs is 1. The van der Waals surface area contributed by atoms with Gasteiger partial charge in [0.15, 0.2) is 4.77 Å². The lowest BCUT2D eigenvalue weighted by Gasteiger charge is -2.05. The number of nitrogens with one attached hydrogen (secondary N) is 1. The predicted octanol–water partition coefficient (Wildman–Crippen LogP) is 3.82. The minimum Gasteiger partial charge on any atom is -0.385 e. The Bertz CT molecular complexity index is 571. The number of aromatic amines is 1. The van der Waals surface area contributed by atoms with Crippen LogP contribution in [0.3, 0.4) is 0 Å². The summed E-state index contributed by atoms with van der Waals surface area (Å²) in [5.41, 5.74) is 3.61. The van der Waals surface area contributed by atoms with Crippen LogP contribution in [0.1, 0.15) is 24.8 Å². The first kappa shape index (κ1) is 13.3. The quantitative estimate of drug-likeness (QED) is 0.635. The highest BCUT2D eigenvalue weighted by atomic mass is 32.1. The monoisotopic (exact) mass is 264 g/mol. The molecule has 0 aliphatic carbocycles. The van der Waals surface area contributed by atoms with Crippen molar-refractivity contribution in [2.45, 2.75) is 32.7 Å². The number of unbranched alkanes of at least 4 members (excludes halogenated alkanes) is 2. The van der Waals surface area contributed by atoms with Crippen LogP contribution in [0.5, 0.6) is 0 Å². The number of nitrogens with zero attached hydrogens (tertiary/aromatic N) is 1. The molecular formula is C14H20N2OS. The summed E-state index contributed by atoms with van der Waals surface area (Å²) in [5, 5.41) is 0. The predicted molar refractivity (Wildman–Crippen MR) is 77.6 cm³/mol. The molecule has 0 bridgehead atoms. The number of benzene rings is 1. The molecule has 0 aliphatic rings. The molecule has 0 unspecified atom stereocenters. The molecule has 0 atom stereocenters. The Morgan fingerprint density at radius 2 is 2.11 bits per heavy atom. The average molecular weight is 264 g/mol. The first-order valence-electron chi connectivity index (χ1n) is 6.40. The molecule has 1 N–H and O–H groups in total. The molecule has 0 saturated heterocycles. The minimum absolute atomic E-state index is 0.822. The Hall–Kier alpha value is -1.13. The highest BCUT2D eigenvalue weighted by Gasteiger charge is 2.03. The number of methoxy groups -OCH3 is 1. The van der Waals surface area contributed by atoms with Crippen LogP contribution in [0.25, 0.3) is 11.0 Å². The largest absolute Gasteiger partial charge is 0.385 e. The summed E-state index contributed by atoms with van der Waals surface area (Å²) in [7, 11) is 1.75. The molecule has 0 saturated carbocycles. The summed E-state index contributed by atoms with van der Waals surface area (Å²) in [6, 6.07) is 6.40. The van der Waals surface area contributed by atoms with Crippen LogP contribution in [-0.2, 0) is 11.3 Å². The van der Waals surface area contributed by atoms with Gasteiger partial charge in [-0.1, -0.05) is 6.07 Å². The Balaban J connectivity index is 2.10. The maximum Gasteiger partial charge on any atom is 0.178 e. The van der Waals surface area contributed by atoms with E-state index in [1.54, 1.807) is 7.11 Å². The molecule has 2 rings (SSSR count). The van der Waals surface area contributed by atoms with E-state index in [0.29, 0.717) is 0 Å². The van der Waals surface area contributed by atoms with Gasteiger partial charge in [-0.15, -0.1) is 0 Å². The van der Waals surface area contributed by atoms with Gasteiger partial charge in [0.1, 0.15) is 0 Å². The number of hydrogen-bond acceptors (Lipinski definition) is 2. The van der Waals surface area contributed by atoms with E-state index in [2.05, 4.69) is 34.7 Å². The third-order valence-electron chi connectivity index (χ3n) is 3.16. The van der Waals surface area contributed by atoms with E-state index in [1.807, 2.05) is 0 Å². The third kappa shape index (κ3) is 3.00. The van der Waals surface area contributed by atoms with Crippen molar-refractivity contribution in [1.82, 2.24) is 9.55 Å². The molecule has 1 aromatic heterocycles. The van der Waals surface area contributed by atoms with Crippen LogP contribution in [0.15, 0.2) is 18.2 Å². The van der Waals surface area contributed by atoms with Gasteiger partial charge in [0, 0.05) is 20.3 Å². The molecule has 0 aliphatic heterocycles. The first-order chi connectivity index (χ1) is 8.72. The third-order valence-corrected chi connectivity index (χ3v) is 3.48. The fourth-order valence-corrected chi connectivity index (χ4v) is 2.48. The second-order valence-corrected chi connectivity index (χ2v) is 5.04. The fraction of sp³-hybridized carbons (Fsp3) is 0.500. The smallest absolute Gasteiger partial charge is 0.178 e. The maximum atomic E-state index is 5.38. The molecule has 4 heteroatoms. The van der Waals surface area contributed by atoms with Gasteiger partial charge in [0.05, 0.1) is 11.0 Å². The van der Waals surface area contributed by atoms with Gasteiger partial charge in [-0.25, -0.2) is 0 Å². The van der Waals surface area contributed by atoms with Crippen molar-refractivity contribution in [2.75, 3.05) is 13.7 Å². The lowest BCUT2D eigenvalue weighted by molar-refractivity contribution is 0.191. The summed E-state index contributed by atoms with van der Waals surface area (Å²) in [4.78, 5) is 3.26. The molecule has 0 spiro atoms. The lowest BCUT2D eigenvalue weighted by atomic mass is 10.2. The second-order valence-electron chi connectivity index (χ2n) is 4.66. The minimum atomic E-state index is 0.822. The number of ether oxygens (including phenoxy) is 1. The van der Waals surface area contributed by atoms with Crippen molar-refractivity contribution in [3.05, 3.63) is 28.5 Å². The highest BCUT2D eigenvalue weighted by Crippen LogP contribution is 2.16. The van der Waals surface area contributed by atoms with E-state index in [-0.39, 0.29) is 0 Å². The van der Waals surface area contributed by atoms with Gasteiger partial charge in [0.25, 0.3) is 0 Å². The van der Waals surface area contributed by atoms with Crippen molar-refractivity contribution in [1.29, 1.82) is 0 Å². The number of rotatable bonds is 6. The van der Waals surface area contributed by atoms with Gasteiger partial charge >= 0.3 is 0 Å². The summed E-state index contributed by atoms with van der Waals surface area (Å²) >= 11 is 5.38. The number of H-pyrrole nitrogens is 1. The van der Waals surface area contributed by atoms with Gasteiger partial charge < -0.3 is 14.3 Å². The standard InChI is InChI=1S/C14H20N2OS/c1-11-6-7-12-13(10-11)16(14(18)15-12)8-4-3-5-9-17-2/h6-7,10H,3-5,8-9H2,1-2H3,(H,15,18). The molecule has 98 valence electrons. The van der Waals surface area contributed by atoms with Gasteiger partial charge in [-0.3, -0.25) is 0 Å². The number of imidazole rings is 1. The Morgan fingerprint density at radius 1 is 1.28 bits per heavy atom. The van der Waals surface area contributed by atoms with Gasteiger partial charge in [0.2, 0.25) is 0 Å². The van der Waals surface area contributed by atoms with Gasteiger partial charge in [-0.2, -0.15) is 0 Å². The van der Waals surface area contributed by atoms with Crippen molar-refractivity contribution < 1.29 is 4.74 Å². The van der Waals surface area contributed by atoms with Crippen molar-refractivity contribution in [2.24, 2.45) is 0 Å². The molecule has 18 heavy (non-hydrogen) atoms. The molecule has 2 aromatic rings. The molecule has 0 radical (unpaired) electrons.